The van der Waals surface area contributed by atoms with Crippen molar-refractivity contribution in [3.05, 3.63) is 59.7 Å². The summed E-state index contributed by atoms with van der Waals surface area (Å²) in [5.74, 6) is 0. The third kappa shape index (κ3) is 11.4. The Kier molecular flexibility index (Phi) is 11.3. The Morgan fingerprint density at radius 2 is 1.49 bits per heavy atom. The van der Waals surface area contributed by atoms with E-state index in [0.29, 0.717) is 13.1 Å². The van der Waals surface area contributed by atoms with Crippen LogP contribution in [0.25, 0.3) is 11.1 Å². The predicted molar refractivity (Wildman–Crippen MR) is 151 cm³/mol. The summed E-state index contributed by atoms with van der Waals surface area (Å²) >= 11 is 0. The fourth-order valence-corrected chi connectivity index (χ4v) is 4.05. The SMILES string of the molecule is C[C@H](NC(=O)OC(C)(C)C)c1ccc(-c2cccc(CN3CCN(C(=O)OC(C)(C)C)CC3)c2)cc1.O=CO. The van der Waals surface area contributed by atoms with Crippen molar-refractivity contribution in [2.45, 2.75) is 72.3 Å². The normalized spacial score (nSPS) is 14.9. The molecular weight excluding hydrogens is 498 g/mol. The van der Waals surface area contributed by atoms with E-state index >= 15 is 0 Å². The lowest BCUT2D eigenvalue weighted by atomic mass is 9.99. The number of ether oxygens (including phenoxy) is 2. The number of nitrogens with one attached hydrogen (secondary N) is 1. The molecule has 0 aliphatic carbocycles. The number of hydrogen-bond donors (Lipinski definition) is 2. The molecule has 0 bridgehead atoms. The van der Waals surface area contributed by atoms with Crippen LogP contribution in [0.2, 0.25) is 0 Å². The van der Waals surface area contributed by atoms with Crippen LogP contribution in [0.15, 0.2) is 48.5 Å². The molecule has 1 saturated heterocycles. The molecule has 2 aromatic carbocycles. The predicted octanol–water partition coefficient (Wildman–Crippen LogP) is 5.69. The molecule has 1 aliphatic heterocycles. The minimum atomic E-state index is -0.523. The Bertz CT molecular complexity index is 1080. The number of carbonyl (C=O) groups excluding carboxylic acids is 2. The average Bonchev–Trinajstić information content (AvgIpc) is 2.83. The van der Waals surface area contributed by atoms with Crippen LogP contribution in [0.5, 0.6) is 0 Å². The van der Waals surface area contributed by atoms with Crippen LogP contribution in [-0.4, -0.2) is 70.9 Å². The maximum absolute atomic E-state index is 12.3. The Labute approximate surface area is 232 Å². The third-order valence-electron chi connectivity index (χ3n) is 5.83. The van der Waals surface area contributed by atoms with Gasteiger partial charge < -0.3 is 24.8 Å². The largest absolute Gasteiger partial charge is 0.483 e. The molecule has 9 nitrogen and oxygen atoms in total. The van der Waals surface area contributed by atoms with Crippen LogP contribution in [0.1, 0.15) is 65.6 Å². The third-order valence-corrected chi connectivity index (χ3v) is 5.83. The Morgan fingerprint density at radius 3 is 2.03 bits per heavy atom. The van der Waals surface area contributed by atoms with Crippen molar-refractivity contribution in [1.29, 1.82) is 0 Å². The van der Waals surface area contributed by atoms with Crippen molar-refractivity contribution in [3.63, 3.8) is 0 Å². The van der Waals surface area contributed by atoms with Gasteiger partial charge in [0.05, 0.1) is 6.04 Å². The van der Waals surface area contributed by atoms with E-state index in [4.69, 9.17) is 19.4 Å². The number of amides is 2. The number of hydrogen-bond acceptors (Lipinski definition) is 6. The van der Waals surface area contributed by atoms with E-state index in [1.807, 2.05) is 60.6 Å². The van der Waals surface area contributed by atoms with Crippen LogP contribution >= 0.6 is 0 Å². The molecule has 9 heteroatoms. The molecule has 214 valence electrons. The first-order valence-electron chi connectivity index (χ1n) is 13.2. The summed E-state index contributed by atoms with van der Waals surface area (Å²) in [4.78, 5) is 36.9. The molecule has 2 N–H and O–H groups in total. The van der Waals surface area contributed by atoms with E-state index in [9.17, 15) is 9.59 Å². The van der Waals surface area contributed by atoms with E-state index < -0.39 is 17.3 Å². The summed E-state index contributed by atoms with van der Waals surface area (Å²) in [6.07, 6.45) is -0.651. The summed E-state index contributed by atoms with van der Waals surface area (Å²) in [6, 6.07) is 16.7. The molecular formula is C30H43N3O6. The van der Waals surface area contributed by atoms with Crippen molar-refractivity contribution in [3.8, 4) is 11.1 Å². The van der Waals surface area contributed by atoms with E-state index in [1.54, 1.807) is 4.90 Å². The molecule has 0 radical (unpaired) electrons. The first kappa shape index (κ1) is 31.6. The average molecular weight is 542 g/mol. The highest BCUT2D eigenvalue weighted by molar-refractivity contribution is 5.69. The minimum absolute atomic E-state index is 0.153. The lowest BCUT2D eigenvalue weighted by Crippen LogP contribution is -2.49. The van der Waals surface area contributed by atoms with Gasteiger partial charge in [-0.3, -0.25) is 9.69 Å². The lowest BCUT2D eigenvalue weighted by molar-refractivity contribution is -0.122. The summed E-state index contributed by atoms with van der Waals surface area (Å²) < 4.78 is 10.9. The van der Waals surface area contributed by atoms with Gasteiger partial charge in [0.1, 0.15) is 11.2 Å². The van der Waals surface area contributed by atoms with Gasteiger partial charge in [-0.1, -0.05) is 42.5 Å². The van der Waals surface area contributed by atoms with Gasteiger partial charge in [0.15, 0.2) is 0 Å². The topological polar surface area (TPSA) is 108 Å². The molecule has 1 aliphatic rings. The molecule has 1 atom stereocenters. The number of nitrogens with zero attached hydrogens (tertiary/aromatic N) is 2. The second-order valence-electron chi connectivity index (χ2n) is 11.5. The van der Waals surface area contributed by atoms with Crippen molar-refractivity contribution >= 4 is 18.7 Å². The summed E-state index contributed by atoms with van der Waals surface area (Å²) in [5, 5.41) is 9.78. The molecule has 0 saturated carbocycles. The van der Waals surface area contributed by atoms with Crippen LogP contribution in [-0.2, 0) is 20.8 Å². The number of rotatable bonds is 5. The van der Waals surface area contributed by atoms with Gasteiger partial charge in [0.2, 0.25) is 0 Å². The maximum Gasteiger partial charge on any atom is 0.410 e. The van der Waals surface area contributed by atoms with Gasteiger partial charge in [-0.25, -0.2) is 9.59 Å². The van der Waals surface area contributed by atoms with Gasteiger partial charge in [0.25, 0.3) is 6.47 Å². The van der Waals surface area contributed by atoms with E-state index in [0.717, 1.165) is 36.3 Å². The van der Waals surface area contributed by atoms with Crippen molar-refractivity contribution < 1.29 is 29.0 Å². The van der Waals surface area contributed by atoms with Crippen molar-refractivity contribution in [1.82, 2.24) is 15.1 Å². The standard InChI is InChI=1S/C29H41N3O4.CH2O2/c1-21(30-26(33)35-28(2,3)4)23-11-13-24(14-12-23)25-10-8-9-22(19-25)20-31-15-17-32(18-16-31)27(34)36-29(5,6)7;2-1-3/h8-14,19,21H,15-18,20H2,1-7H3,(H,30,33);1H,(H,2,3)/t21-;/m0./s1. The summed E-state index contributed by atoms with van der Waals surface area (Å²) in [7, 11) is 0. The number of alkyl carbamates (subject to hydrolysis) is 1. The minimum Gasteiger partial charge on any atom is -0.483 e. The zero-order valence-electron chi connectivity index (χ0n) is 24.2. The van der Waals surface area contributed by atoms with E-state index in [-0.39, 0.29) is 18.6 Å². The summed E-state index contributed by atoms with van der Waals surface area (Å²) in [5.41, 5.74) is 3.54. The zero-order chi connectivity index (χ0) is 29.2. The smallest absolute Gasteiger partial charge is 0.410 e. The Hall–Kier alpha value is -3.59. The molecule has 1 fully saturated rings. The Balaban J connectivity index is 0.00000170. The molecule has 0 aromatic heterocycles. The molecule has 2 aromatic rings. The van der Waals surface area contributed by atoms with Crippen molar-refractivity contribution in [2.24, 2.45) is 0 Å². The number of carboxylic acid groups (broad SMARTS) is 1. The number of carbonyl (C=O) groups is 3. The van der Waals surface area contributed by atoms with Crippen LogP contribution < -0.4 is 5.32 Å². The highest BCUT2D eigenvalue weighted by atomic mass is 16.6. The highest BCUT2D eigenvalue weighted by Crippen LogP contribution is 2.24. The maximum atomic E-state index is 12.3. The van der Waals surface area contributed by atoms with Gasteiger partial charge >= 0.3 is 12.2 Å². The molecule has 0 unspecified atom stereocenters. The van der Waals surface area contributed by atoms with Gasteiger partial charge in [-0.15, -0.1) is 0 Å². The van der Waals surface area contributed by atoms with Gasteiger partial charge in [0, 0.05) is 32.7 Å². The second-order valence-corrected chi connectivity index (χ2v) is 11.5. The van der Waals surface area contributed by atoms with Gasteiger partial charge in [-0.05, 0) is 76.8 Å². The van der Waals surface area contributed by atoms with Crippen molar-refractivity contribution in [2.75, 3.05) is 26.2 Å². The quantitative estimate of drug-likeness (QED) is 0.468. The molecule has 0 spiro atoms. The second kappa shape index (κ2) is 14.0. The fourth-order valence-electron chi connectivity index (χ4n) is 4.05. The van der Waals surface area contributed by atoms with Gasteiger partial charge in [-0.2, -0.15) is 0 Å². The Morgan fingerprint density at radius 1 is 0.923 bits per heavy atom. The number of benzene rings is 2. The van der Waals surface area contributed by atoms with Crippen LogP contribution in [0.4, 0.5) is 9.59 Å². The highest BCUT2D eigenvalue weighted by Gasteiger charge is 2.26. The first-order valence-corrected chi connectivity index (χ1v) is 13.2. The van der Waals surface area contributed by atoms with Crippen LogP contribution in [0.3, 0.4) is 0 Å². The fraction of sp³-hybridized carbons (Fsp3) is 0.500. The zero-order valence-corrected chi connectivity index (χ0v) is 24.2. The molecule has 3 rings (SSSR count). The monoisotopic (exact) mass is 541 g/mol. The summed E-state index contributed by atoms with van der Waals surface area (Å²) in [6.45, 7) is 16.7. The van der Waals surface area contributed by atoms with E-state index in [2.05, 4.69) is 46.6 Å². The number of piperazine rings is 1. The molecule has 39 heavy (non-hydrogen) atoms. The van der Waals surface area contributed by atoms with E-state index in [1.165, 1.54) is 5.56 Å². The van der Waals surface area contributed by atoms with Crippen LogP contribution in [0, 0.1) is 0 Å². The molecule has 2 amide bonds. The lowest BCUT2D eigenvalue weighted by Gasteiger charge is -2.35. The molecule has 1 heterocycles. The first-order chi connectivity index (χ1) is 18.2.